The van der Waals surface area contributed by atoms with Crippen LogP contribution in [0.1, 0.15) is 22.3 Å². The number of nitrogens with zero attached hydrogens (tertiary/aromatic N) is 4. The van der Waals surface area contributed by atoms with E-state index < -0.39 is 17.0 Å². The molecule has 0 atom stereocenters. The van der Waals surface area contributed by atoms with Gasteiger partial charge < -0.3 is 28.6 Å². The van der Waals surface area contributed by atoms with Gasteiger partial charge in [-0.25, -0.2) is 4.79 Å². The Morgan fingerprint density at radius 2 is 1.76 bits per heavy atom. The molecule has 9 nitrogen and oxygen atoms in total. The van der Waals surface area contributed by atoms with Gasteiger partial charge in [0.25, 0.3) is 5.56 Å². The Bertz CT molecular complexity index is 1240. The molecular formula is C24H28N4O5. The molecule has 0 radical (unpaired) electrons. The molecule has 1 aliphatic heterocycles. The Morgan fingerprint density at radius 3 is 2.45 bits per heavy atom. The molecule has 2 aromatic heterocycles. The van der Waals surface area contributed by atoms with E-state index in [0.717, 1.165) is 44.7 Å². The maximum absolute atomic E-state index is 13.3. The van der Waals surface area contributed by atoms with Crippen molar-refractivity contribution in [2.24, 2.45) is 0 Å². The second-order valence-electron chi connectivity index (χ2n) is 8.33. The average molecular weight is 453 g/mol. The molecule has 0 aliphatic carbocycles. The number of hydrogen-bond donors (Lipinski definition) is 1. The lowest BCUT2D eigenvalue weighted by molar-refractivity contribution is 0.0694. The number of likely N-dealkylation sites (N-methyl/N-ethyl adjacent to an activating group) is 1. The van der Waals surface area contributed by atoms with Gasteiger partial charge in [0.2, 0.25) is 5.43 Å². The van der Waals surface area contributed by atoms with E-state index in [4.69, 9.17) is 4.74 Å². The predicted octanol–water partition coefficient (Wildman–Crippen LogP) is 1.38. The number of aryl methyl sites for hydroxylation is 1. The van der Waals surface area contributed by atoms with E-state index in [1.54, 1.807) is 17.0 Å². The SMILES string of the molecule is CN1CCN(CCCn2ccn3cc(C(=O)O)c(=O)c(OCc4ccccc4)c3c2=O)CC1. The molecular weight excluding hydrogens is 424 g/mol. The average Bonchev–Trinajstić information content (AvgIpc) is 2.81. The van der Waals surface area contributed by atoms with Gasteiger partial charge in [-0.2, -0.15) is 0 Å². The molecule has 1 fully saturated rings. The molecule has 1 aromatic carbocycles. The minimum absolute atomic E-state index is 0.0445. The van der Waals surface area contributed by atoms with Crippen LogP contribution >= 0.6 is 0 Å². The summed E-state index contributed by atoms with van der Waals surface area (Å²) in [7, 11) is 2.11. The first-order valence-corrected chi connectivity index (χ1v) is 11.0. The number of benzene rings is 1. The lowest BCUT2D eigenvalue weighted by atomic mass is 10.2. The number of piperazine rings is 1. The summed E-state index contributed by atoms with van der Waals surface area (Å²) in [6, 6.07) is 9.20. The Morgan fingerprint density at radius 1 is 1.03 bits per heavy atom. The fourth-order valence-electron chi connectivity index (χ4n) is 4.02. The molecule has 1 N–H and O–H groups in total. The first-order valence-electron chi connectivity index (χ1n) is 11.0. The van der Waals surface area contributed by atoms with Crippen molar-refractivity contribution in [1.29, 1.82) is 0 Å². The Labute approximate surface area is 191 Å². The standard InChI is InChI=1S/C24H28N4O5/c1-25-10-12-26(13-11-25)8-5-9-27-14-15-28-16-19(24(31)32)21(29)22(20(28)23(27)30)33-17-18-6-3-2-4-7-18/h2-4,6-7,14-16H,5,8-13,17H2,1H3,(H,31,32). The highest BCUT2D eigenvalue weighted by Crippen LogP contribution is 2.15. The largest absolute Gasteiger partial charge is 0.483 e. The van der Waals surface area contributed by atoms with E-state index in [0.29, 0.717) is 6.54 Å². The van der Waals surface area contributed by atoms with E-state index in [2.05, 4.69) is 16.8 Å². The third-order valence-corrected chi connectivity index (χ3v) is 5.99. The van der Waals surface area contributed by atoms with Crippen molar-refractivity contribution in [3.63, 3.8) is 0 Å². The fraction of sp³-hybridized carbons (Fsp3) is 0.375. The number of aromatic carboxylic acids is 1. The van der Waals surface area contributed by atoms with Gasteiger partial charge in [0.15, 0.2) is 11.3 Å². The molecule has 174 valence electrons. The molecule has 9 heteroatoms. The molecule has 0 saturated carbocycles. The molecule has 0 unspecified atom stereocenters. The van der Waals surface area contributed by atoms with Crippen LogP contribution in [-0.2, 0) is 13.2 Å². The summed E-state index contributed by atoms with van der Waals surface area (Å²) in [5.74, 6) is -1.60. The van der Waals surface area contributed by atoms with Gasteiger partial charge in [-0.05, 0) is 25.6 Å². The quantitative estimate of drug-likeness (QED) is 0.552. The van der Waals surface area contributed by atoms with E-state index in [9.17, 15) is 19.5 Å². The molecule has 3 aromatic rings. The van der Waals surface area contributed by atoms with Gasteiger partial charge in [0, 0.05) is 51.3 Å². The van der Waals surface area contributed by atoms with Crippen molar-refractivity contribution < 1.29 is 14.6 Å². The van der Waals surface area contributed by atoms with Crippen LogP contribution < -0.4 is 15.7 Å². The van der Waals surface area contributed by atoms with Crippen LogP contribution in [0.4, 0.5) is 0 Å². The number of carbonyl (C=O) groups is 1. The van der Waals surface area contributed by atoms with E-state index in [1.165, 1.54) is 10.6 Å². The first kappa shape index (κ1) is 22.8. The zero-order valence-electron chi connectivity index (χ0n) is 18.6. The maximum atomic E-state index is 13.3. The number of hydrogen-bond acceptors (Lipinski definition) is 6. The summed E-state index contributed by atoms with van der Waals surface area (Å²) in [5.41, 5.74) is -0.774. The van der Waals surface area contributed by atoms with E-state index in [1.807, 2.05) is 30.3 Å². The zero-order chi connectivity index (χ0) is 23.4. The fourth-order valence-corrected chi connectivity index (χ4v) is 4.02. The normalized spacial score (nSPS) is 15.1. The lowest BCUT2D eigenvalue weighted by Crippen LogP contribution is -2.44. The van der Waals surface area contributed by atoms with Gasteiger partial charge in [0.05, 0.1) is 0 Å². The van der Waals surface area contributed by atoms with E-state index >= 15 is 0 Å². The highest BCUT2D eigenvalue weighted by atomic mass is 16.5. The van der Waals surface area contributed by atoms with Crippen LogP contribution in [0.25, 0.3) is 5.52 Å². The number of carboxylic acid groups (broad SMARTS) is 1. The van der Waals surface area contributed by atoms with Crippen molar-refractivity contribution in [2.75, 3.05) is 39.8 Å². The van der Waals surface area contributed by atoms with Gasteiger partial charge in [0.1, 0.15) is 12.2 Å². The number of carboxylic acids is 1. The van der Waals surface area contributed by atoms with Crippen LogP contribution in [0, 0.1) is 0 Å². The van der Waals surface area contributed by atoms with E-state index in [-0.39, 0.29) is 23.4 Å². The highest BCUT2D eigenvalue weighted by Gasteiger charge is 2.21. The van der Waals surface area contributed by atoms with Crippen LogP contribution in [0.3, 0.4) is 0 Å². The first-order chi connectivity index (χ1) is 15.9. The number of rotatable bonds is 8. The van der Waals surface area contributed by atoms with Crippen LogP contribution in [0.2, 0.25) is 0 Å². The summed E-state index contributed by atoms with van der Waals surface area (Å²) >= 11 is 0. The smallest absolute Gasteiger partial charge is 0.341 e. The van der Waals surface area contributed by atoms with Gasteiger partial charge in [-0.3, -0.25) is 9.59 Å². The summed E-state index contributed by atoms with van der Waals surface area (Å²) in [5, 5.41) is 9.46. The number of pyridine rings is 1. The molecule has 1 saturated heterocycles. The molecule has 3 heterocycles. The lowest BCUT2D eigenvalue weighted by Gasteiger charge is -2.32. The third-order valence-electron chi connectivity index (χ3n) is 5.99. The van der Waals surface area contributed by atoms with Crippen LogP contribution in [0.5, 0.6) is 5.75 Å². The van der Waals surface area contributed by atoms with Crippen molar-refractivity contribution in [3.05, 3.63) is 80.6 Å². The monoisotopic (exact) mass is 452 g/mol. The van der Waals surface area contributed by atoms with Crippen molar-refractivity contribution >= 4 is 11.5 Å². The Hall–Kier alpha value is -3.43. The Kier molecular flexibility index (Phi) is 6.90. The topological polar surface area (TPSA) is 96.5 Å². The molecule has 0 spiro atoms. The van der Waals surface area contributed by atoms with Gasteiger partial charge in [-0.15, -0.1) is 0 Å². The summed E-state index contributed by atoms with van der Waals surface area (Å²) in [4.78, 5) is 42.4. The summed E-state index contributed by atoms with van der Waals surface area (Å²) in [6.07, 6.45) is 5.17. The second-order valence-corrected chi connectivity index (χ2v) is 8.33. The van der Waals surface area contributed by atoms with Crippen LogP contribution in [0.15, 0.2) is 58.5 Å². The molecule has 0 bridgehead atoms. The number of fused-ring (bicyclic) bond motifs is 1. The van der Waals surface area contributed by atoms with Crippen LogP contribution in [-0.4, -0.2) is 69.6 Å². The predicted molar refractivity (Wildman–Crippen MR) is 124 cm³/mol. The minimum atomic E-state index is -1.37. The zero-order valence-corrected chi connectivity index (χ0v) is 18.6. The molecule has 1 aliphatic rings. The number of ether oxygens (including phenoxy) is 1. The second kappa shape index (κ2) is 10.0. The maximum Gasteiger partial charge on any atom is 0.341 e. The van der Waals surface area contributed by atoms with Crippen molar-refractivity contribution in [3.8, 4) is 5.75 Å². The van der Waals surface area contributed by atoms with Crippen molar-refractivity contribution in [1.82, 2.24) is 18.8 Å². The third kappa shape index (κ3) is 5.15. The number of aromatic nitrogens is 2. The minimum Gasteiger partial charge on any atom is -0.483 e. The summed E-state index contributed by atoms with van der Waals surface area (Å²) < 4.78 is 8.67. The molecule has 0 amide bonds. The van der Waals surface area contributed by atoms with Crippen molar-refractivity contribution in [2.45, 2.75) is 19.6 Å². The molecule has 33 heavy (non-hydrogen) atoms. The Balaban J connectivity index is 1.62. The highest BCUT2D eigenvalue weighted by molar-refractivity contribution is 5.88. The van der Waals surface area contributed by atoms with Gasteiger partial charge in [-0.1, -0.05) is 30.3 Å². The van der Waals surface area contributed by atoms with Gasteiger partial charge >= 0.3 is 5.97 Å². The summed E-state index contributed by atoms with van der Waals surface area (Å²) in [6.45, 7) is 5.51. The molecule has 4 rings (SSSR count).